The van der Waals surface area contributed by atoms with Gasteiger partial charge in [-0.15, -0.1) is 0 Å². The predicted molar refractivity (Wildman–Crippen MR) is 229 cm³/mol. The molecule has 67 heavy (non-hydrogen) atoms. The number of ether oxygens (including phenoxy) is 9. The van der Waals surface area contributed by atoms with Crippen LogP contribution < -0.4 is 5.32 Å². The molecule has 0 radical (unpaired) electrons. The topological polar surface area (TPSA) is 395 Å². The van der Waals surface area contributed by atoms with Gasteiger partial charge in [0.25, 0.3) is 5.91 Å². The SMILES string of the molecule is CCC(C)(CC(O)COC1(C)CC(O)C(=O)O1)OCC(O)C(=O)NCCN(CC(O)COCC(O)COCC(O)COCC(O)CO)CC(O)COCC(O)COCC(O)COCC(O)CO. The number of carbonyl (C=O) groups excluding carboxylic acids is 2. The second kappa shape index (κ2) is 35.2. The molecule has 0 aromatic rings. The van der Waals surface area contributed by atoms with Crippen LogP contribution in [0.3, 0.4) is 0 Å². The first kappa shape index (κ1) is 63.1. The van der Waals surface area contributed by atoms with Crippen LogP contribution in [-0.4, -0.2) is 294 Å². The number of aliphatic hydroxyl groups is 13. The van der Waals surface area contributed by atoms with E-state index in [-0.39, 0.29) is 125 Å². The van der Waals surface area contributed by atoms with Crippen molar-refractivity contribution in [3.8, 4) is 0 Å². The maximum Gasteiger partial charge on any atom is 0.337 e. The largest absolute Gasteiger partial charge is 0.431 e. The van der Waals surface area contributed by atoms with E-state index in [1.807, 2.05) is 0 Å². The predicted octanol–water partition coefficient (Wildman–Crippen LogP) is -7.29. The van der Waals surface area contributed by atoms with Gasteiger partial charge in [-0.3, -0.25) is 9.69 Å². The Morgan fingerprint density at radius 1 is 0.657 bits per heavy atom. The van der Waals surface area contributed by atoms with Crippen molar-refractivity contribution in [2.75, 3.05) is 132 Å². The van der Waals surface area contributed by atoms with E-state index < -0.39 is 110 Å². The highest BCUT2D eigenvalue weighted by molar-refractivity contribution is 5.80. The average molecular weight is 985 g/mol. The Balaban J connectivity index is 2.65. The Bertz CT molecular complexity index is 1240. The van der Waals surface area contributed by atoms with E-state index in [2.05, 4.69) is 5.32 Å². The molecule has 1 rings (SSSR count). The van der Waals surface area contributed by atoms with Gasteiger partial charge in [-0.25, -0.2) is 4.79 Å². The summed E-state index contributed by atoms with van der Waals surface area (Å²) in [4.78, 5) is 26.0. The molecule has 1 amide bonds. The van der Waals surface area contributed by atoms with Gasteiger partial charge in [0, 0.05) is 45.9 Å². The molecule has 13 unspecified atom stereocenters. The molecule has 13 atom stereocenters. The Kier molecular flexibility index (Phi) is 33.1. The van der Waals surface area contributed by atoms with Crippen LogP contribution >= 0.6 is 0 Å². The highest BCUT2D eigenvalue weighted by Gasteiger charge is 2.44. The smallest absolute Gasteiger partial charge is 0.337 e. The van der Waals surface area contributed by atoms with Gasteiger partial charge in [0.15, 0.2) is 12.2 Å². The van der Waals surface area contributed by atoms with Crippen molar-refractivity contribution in [3.05, 3.63) is 0 Å². The number of aliphatic hydroxyl groups excluding tert-OH is 13. The Morgan fingerprint density at radius 3 is 1.40 bits per heavy atom. The van der Waals surface area contributed by atoms with Gasteiger partial charge >= 0.3 is 5.97 Å². The summed E-state index contributed by atoms with van der Waals surface area (Å²) in [5.74, 6) is -3.02. The molecular weight excluding hydrogens is 904 g/mol. The molecule has 14 N–H and O–H groups in total. The number of esters is 1. The van der Waals surface area contributed by atoms with Crippen LogP contribution in [-0.2, 0) is 52.2 Å². The lowest BCUT2D eigenvalue weighted by Crippen LogP contribution is -2.47. The first-order valence-electron chi connectivity index (χ1n) is 22.3. The van der Waals surface area contributed by atoms with Crippen LogP contribution in [0.15, 0.2) is 0 Å². The van der Waals surface area contributed by atoms with E-state index in [9.17, 15) is 65.8 Å². The van der Waals surface area contributed by atoms with Gasteiger partial charge in [-0.2, -0.15) is 0 Å². The Hall–Kier alpha value is -1.94. The minimum absolute atomic E-state index is 0.0253. The van der Waals surface area contributed by atoms with Crippen molar-refractivity contribution >= 4 is 11.9 Å². The fraction of sp³-hybridized carbons (Fsp3) is 0.951. The molecule has 0 aliphatic carbocycles. The molecule has 1 saturated heterocycles. The zero-order valence-electron chi connectivity index (χ0n) is 38.9. The van der Waals surface area contributed by atoms with Crippen LogP contribution in [0.4, 0.5) is 0 Å². The van der Waals surface area contributed by atoms with Gasteiger partial charge in [0.05, 0.1) is 130 Å². The lowest BCUT2D eigenvalue weighted by molar-refractivity contribution is -0.215. The molecule has 0 saturated carbocycles. The summed E-state index contributed by atoms with van der Waals surface area (Å²) in [5.41, 5.74) is -1.01. The summed E-state index contributed by atoms with van der Waals surface area (Å²) < 4.78 is 47.9. The van der Waals surface area contributed by atoms with Crippen molar-refractivity contribution in [2.45, 2.75) is 119 Å². The summed E-state index contributed by atoms with van der Waals surface area (Å²) in [7, 11) is 0. The van der Waals surface area contributed by atoms with E-state index in [0.29, 0.717) is 6.42 Å². The third-order valence-corrected chi connectivity index (χ3v) is 9.85. The van der Waals surface area contributed by atoms with Crippen molar-refractivity contribution in [3.63, 3.8) is 0 Å². The van der Waals surface area contributed by atoms with Gasteiger partial charge in [-0.05, 0) is 13.3 Å². The van der Waals surface area contributed by atoms with Crippen molar-refractivity contribution in [2.24, 2.45) is 0 Å². The monoisotopic (exact) mass is 985 g/mol. The van der Waals surface area contributed by atoms with Crippen LogP contribution in [0.5, 0.6) is 0 Å². The lowest BCUT2D eigenvalue weighted by Gasteiger charge is -2.33. The highest BCUT2D eigenvalue weighted by atomic mass is 16.7. The van der Waals surface area contributed by atoms with E-state index in [0.717, 1.165) is 0 Å². The number of cyclic esters (lactones) is 1. The fourth-order valence-electron chi connectivity index (χ4n) is 6.09. The maximum absolute atomic E-state index is 12.9. The zero-order valence-corrected chi connectivity index (χ0v) is 38.9. The molecule has 26 heteroatoms. The van der Waals surface area contributed by atoms with Crippen molar-refractivity contribution < 1.29 is 119 Å². The van der Waals surface area contributed by atoms with Crippen molar-refractivity contribution in [1.29, 1.82) is 0 Å². The van der Waals surface area contributed by atoms with Crippen LogP contribution in [0.25, 0.3) is 0 Å². The third-order valence-electron chi connectivity index (χ3n) is 9.85. The quantitative estimate of drug-likeness (QED) is 0.0252. The second-order valence-corrected chi connectivity index (χ2v) is 16.9. The van der Waals surface area contributed by atoms with Gasteiger partial charge in [0.2, 0.25) is 5.79 Å². The first-order valence-corrected chi connectivity index (χ1v) is 22.3. The molecule has 398 valence electrons. The maximum atomic E-state index is 12.9. The molecule has 1 aliphatic rings. The van der Waals surface area contributed by atoms with Crippen LogP contribution in [0, 0.1) is 0 Å². The number of carbonyl (C=O) groups is 2. The number of hydrogen-bond donors (Lipinski definition) is 14. The van der Waals surface area contributed by atoms with E-state index in [4.69, 9.17) is 52.8 Å². The fourth-order valence-corrected chi connectivity index (χ4v) is 6.09. The molecule has 0 aromatic carbocycles. The van der Waals surface area contributed by atoms with Crippen molar-refractivity contribution in [1.82, 2.24) is 10.2 Å². The Labute approximate surface area is 390 Å². The molecule has 0 bridgehead atoms. The van der Waals surface area contributed by atoms with Gasteiger partial charge in [-0.1, -0.05) is 6.92 Å². The Morgan fingerprint density at radius 2 is 1.04 bits per heavy atom. The number of nitrogens with zero attached hydrogens (tertiary/aromatic N) is 1. The number of hydrogen-bond acceptors (Lipinski definition) is 25. The highest BCUT2D eigenvalue weighted by Crippen LogP contribution is 2.29. The summed E-state index contributed by atoms with van der Waals surface area (Å²) in [6.45, 7) is 0.412. The number of amides is 1. The minimum atomic E-state index is -1.63. The van der Waals surface area contributed by atoms with E-state index in [1.54, 1.807) is 18.7 Å². The zero-order chi connectivity index (χ0) is 50.4. The normalized spacial score (nSPS) is 22.0. The molecule has 0 aromatic heterocycles. The van der Waals surface area contributed by atoms with Crippen LogP contribution in [0.2, 0.25) is 0 Å². The van der Waals surface area contributed by atoms with E-state index in [1.165, 1.54) is 6.92 Å². The number of nitrogens with one attached hydrogen (secondary N) is 1. The summed E-state index contributed by atoms with van der Waals surface area (Å²) in [6, 6.07) is 0. The molecule has 1 heterocycles. The summed E-state index contributed by atoms with van der Waals surface area (Å²) in [6.07, 6.45) is -12.6. The van der Waals surface area contributed by atoms with Gasteiger partial charge in [0.1, 0.15) is 36.6 Å². The minimum Gasteiger partial charge on any atom is -0.431 e. The molecule has 0 spiro atoms. The summed E-state index contributed by atoms with van der Waals surface area (Å²) in [5, 5.41) is 131. The third kappa shape index (κ3) is 30.4. The standard InChI is InChI=1S/C41H80N2O24/c1-4-40(2,7-27(46)25-66-41(3)8-36(55)39(58)67-41)65-26-37(56)38(57)42-5-6-43(9-28(47)13-59-17-32(51)21-63-23-34(53)19-61-15-30(49)11-44)10-29(48)14-60-18-33(52)22-64-24-35(54)20-62-16-31(50)12-45/h27-37,44-56H,4-26H2,1-3H3,(H,42,57). The average Bonchev–Trinajstić information content (AvgIpc) is 3.54. The molecule has 26 nitrogen and oxygen atoms in total. The lowest BCUT2D eigenvalue weighted by atomic mass is 9.95. The molecule has 1 aliphatic heterocycles. The summed E-state index contributed by atoms with van der Waals surface area (Å²) >= 11 is 0. The van der Waals surface area contributed by atoms with E-state index >= 15 is 0 Å². The first-order chi connectivity index (χ1) is 31.6. The van der Waals surface area contributed by atoms with Gasteiger partial charge < -0.3 is 114 Å². The molecule has 1 fully saturated rings. The second-order valence-electron chi connectivity index (χ2n) is 16.9. The number of rotatable bonds is 43. The van der Waals surface area contributed by atoms with Crippen LogP contribution in [0.1, 0.15) is 40.0 Å². The molecular formula is C41H80N2O24.